The Kier molecular flexibility index (Phi) is 3.19. The molecule has 0 spiro atoms. The molecule has 0 aromatic heterocycles. The lowest BCUT2D eigenvalue weighted by atomic mass is 10.5. The maximum atomic E-state index is 9.87. The number of hydrogen-bond acceptors (Lipinski definition) is 2. The lowest BCUT2D eigenvalue weighted by Crippen LogP contribution is -2.37. The molecule has 0 fully saturated rings. The highest BCUT2D eigenvalue weighted by Gasteiger charge is 2.01. The SMILES string of the molecule is CNC(C)N(C)[C]=O. The second-order valence-electron chi connectivity index (χ2n) is 1.67. The Hall–Kier alpha value is -0.570. The molecule has 1 atom stereocenters. The van der Waals surface area contributed by atoms with Crippen LogP contribution in [0.25, 0.3) is 0 Å². The van der Waals surface area contributed by atoms with Crippen molar-refractivity contribution in [2.24, 2.45) is 0 Å². The second-order valence-corrected chi connectivity index (χ2v) is 1.67. The van der Waals surface area contributed by atoms with E-state index < -0.39 is 0 Å². The molecule has 0 saturated carbocycles. The van der Waals surface area contributed by atoms with Crippen LogP contribution in [0.3, 0.4) is 0 Å². The van der Waals surface area contributed by atoms with E-state index in [-0.39, 0.29) is 6.17 Å². The van der Waals surface area contributed by atoms with E-state index in [0.717, 1.165) is 0 Å². The molecule has 3 nitrogen and oxygen atoms in total. The molecule has 0 aromatic rings. The summed E-state index contributed by atoms with van der Waals surface area (Å²) in [5.41, 5.74) is 0. The fraction of sp³-hybridized carbons (Fsp3) is 0.800. The van der Waals surface area contributed by atoms with Crippen LogP contribution in [0, 0.1) is 0 Å². The lowest BCUT2D eigenvalue weighted by molar-refractivity contribution is 0.326. The minimum absolute atomic E-state index is 0.0764. The zero-order valence-corrected chi connectivity index (χ0v) is 5.43. The minimum Gasteiger partial charge on any atom is -0.322 e. The topological polar surface area (TPSA) is 32.3 Å². The number of rotatable bonds is 3. The van der Waals surface area contributed by atoms with Crippen molar-refractivity contribution in [3.8, 4) is 0 Å². The molecule has 1 N–H and O–H groups in total. The van der Waals surface area contributed by atoms with Gasteiger partial charge in [0, 0.05) is 7.05 Å². The largest absolute Gasteiger partial charge is 0.322 e. The summed E-state index contributed by atoms with van der Waals surface area (Å²) in [5, 5.41) is 2.88. The highest BCUT2D eigenvalue weighted by Crippen LogP contribution is 1.81. The van der Waals surface area contributed by atoms with E-state index in [2.05, 4.69) is 5.32 Å². The molecule has 0 aromatic carbocycles. The quantitative estimate of drug-likeness (QED) is 0.399. The number of nitrogens with one attached hydrogen (secondary N) is 1. The van der Waals surface area contributed by atoms with Crippen molar-refractivity contribution < 1.29 is 4.79 Å². The summed E-state index contributed by atoms with van der Waals surface area (Å²) in [6.45, 7) is 1.88. The van der Waals surface area contributed by atoms with Gasteiger partial charge < -0.3 is 10.2 Å². The van der Waals surface area contributed by atoms with Crippen LogP contribution in [0.2, 0.25) is 0 Å². The van der Waals surface area contributed by atoms with E-state index in [1.807, 2.05) is 6.92 Å². The normalized spacial score (nSPS) is 12.9. The first-order valence-corrected chi connectivity index (χ1v) is 2.50. The smallest absolute Gasteiger partial charge is 0.313 e. The van der Waals surface area contributed by atoms with Crippen molar-refractivity contribution in [2.75, 3.05) is 14.1 Å². The maximum absolute atomic E-state index is 9.87. The highest BCUT2D eigenvalue weighted by molar-refractivity contribution is 5.47. The zero-order chi connectivity index (χ0) is 6.57. The average molecular weight is 115 g/mol. The molecule has 8 heavy (non-hydrogen) atoms. The monoisotopic (exact) mass is 115 g/mol. The number of amides is 1. The van der Waals surface area contributed by atoms with Crippen molar-refractivity contribution >= 4 is 6.41 Å². The van der Waals surface area contributed by atoms with Gasteiger partial charge >= 0.3 is 6.41 Å². The molecule has 0 aliphatic heterocycles. The summed E-state index contributed by atoms with van der Waals surface area (Å²) in [7, 11) is 3.46. The van der Waals surface area contributed by atoms with E-state index in [9.17, 15) is 4.79 Å². The molecule has 0 aliphatic rings. The molecule has 0 aliphatic carbocycles. The Labute approximate surface area is 49.7 Å². The van der Waals surface area contributed by atoms with Gasteiger partial charge in [-0.05, 0) is 14.0 Å². The molecule has 1 unspecified atom stereocenters. The Balaban J connectivity index is 3.44. The molecular formula is C5H11N2O. The van der Waals surface area contributed by atoms with Gasteiger partial charge in [0.05, 0.1) is 6.17 Å². The van der Waals surface area contributed by atoms with Gasteiger partial charge in [-0.2, -0.15) is 0 Å². The molecule has 1 radical (unpaired) electrons. The first kappa shape index (κ1) is 7.43. The first-order chi connectivity index (χ1) is 3.72. The van der Waals surface area contributed by atoms with E-state index in [1.165, 1.54) is 4.90 Å². The number of carbonyl (C=O) groups excluding carboxylic acids is 1. The zero-order valence-electron chi connectivity index (χ0n) is 5.43. The predicted octanol–water partition coefficient (Wildman–Crippen LogP) is -0.449. The van der Waals surface area contributed by atoms with Crippen LogP contribution in [0.4, 0.5) is 0 Å². The Bertz CT molecular complexity index is 74.8. The van der Waals surface area contributed by atoms with Crippen molar-refractivity contribution in [3.63, 3.8) is 0 Å². The fourth-order valence-electron chi connectivity index (χ4n) is 0.273. The highest BCUT2D eigenvalue weighted by atomic mass is 16.1. The van der Waals surface area contributed by atoms with E-state index in [0.29, 0.717) is 0 Å². The van der Waals surface area contributed by atoms with Crippen molar-refractivity contribution in [1.82, 2.24) is 10.2 Å². The van der Waals surface area contributed by atoms with Crippen LogP contribution >= 0.6 is 0 Å². The van der Waals surface area contributed by atoms with Gasteiger partial charge in [-0.1, -0.05) is 0 Å². The molecule has 1 amide bonds. The molecule has 3 heteroatoms. The number of hydrogen-bond donors (Lipinski definition) is 1. The third-order valence-corrected chi connectivity index (χ3v) is 1.14. The molecule has 47 valence electrons. The van der Waals surface area contributed by atoms with Crippen molar-refractivity contribution in [2.45, 2.75) is 13.1 Å². The van der Waals surface area contributed by atoms with Crippen LogP contribution in [0.15, 0.2) is 0 Å². The Morgan fingerprint density at radius 1 is 1.75 bits per heavy atom. The Morgan fingerprint density at radius 3 is 2.38 bits per heavy atom. The molecule has 0 saturated heterocycles. The summed E-state index contributed by atoms with van der Waals surface area (Å²) in [4.78, 5) is 11.3. The fourth-order valence-corrected chi connectivity index (χ4v) is 0.273. The second kappa shape index (κ2) is 3.43. The predicted molar refractivity (Wildman–Crippen MR) is 32.0 cm³/mol. The summed E-state index contributed by atoms with van der Waals surface area (Å²) < 4.78 is 0. The molecule has 0 heterocycles. The van der Waals surface area contributed by atoms with Crippen LogP contribution < -0.4 is 5.32 Å². The van der Waals surface area contributed by atoms with Gasteiger partial charge in [0.2, 0.25) is 0 Å². The van der Waals surface area contributed by atoms with Crippen LogP contribution in [-0.2, 0) is 4.79 Å². The summed E-state index contributed by atoms with van der Waals surface area (Å²) in [5.74, 6) is 0. The van der Waals surface area contributed by atoms with E-state index >= 15 is 0 Å². The maximum Gasteiger partial charge on any atom is 0.313 e. The molecule has 0 rings (SSSR count). The van der Waals surface area contributed by atoms with Crippen molar-refractivity contribution in [1.29, 1.82) is 0 Å². The minimum atomic E-state index is 0.0764. The van der Waals surface area contributed by atoms with Gasteiger partial charge in [0.15, 0.2) is 0 Å². The van der Waals surface area contributed by atoms with Gasteiger partial charge in [-0.25, -0.2) is 0 Å². The first-order valence-electron chi connectivity index (χ1n) is 2.50. The number of nitrogens with zero attached hydrogens (tertiary/aromatic N) is 1. The average Bonchev–Trinajstić information content (AvgIpc) is 1.84. The van der Waals surface area contributed by atoms with E-state index in [1.54, 1.807) is 20.5 Å². The Morgan fingerprint density at radius 2 is 2.25 bits per heavy atom. The van der Waals surface area contributed by atoms with Gasteiger partial charge in [-0.3, -0.25) is 4.79 Å². The van der Waals surface area contributed by atoms with Crippen LogP contribution in [-0.4, -0.2) is 31.6 Å². The summed E-state index contributed by atoms with van der Waals surface area (Å²) in [6.07, 6.45) is 1.81. The van der Waals surface area contributed by atoms with E-state index in [4.69, 9.17) is 0 Å². The lowest BCUT2D eigenvalue weighted by Gasteiger charge is -2.17. The molecular weight excluding hydrogens is 104 g/mol. The summed E-state index contributed by atoms with van der Waals surface area (Å²) >= 11 is 0. The van der Waals surface area contributed by atoms with Crippen LogP contribution in [0.5, 0.6) is 0 Å². The third kappa shape index (κ3) is 1.93. The standard InChI is InChI=1S/C5H11N2O/c1-5(6-2)7(3)4-8/h5-6H,1-3H3. The molecule has 0 bridgehead atoms. The van der Waals surface area contributed by atoms with Crippen molar-refractivity contribution in [3.05, 3.63) is 0 Å². The summed E-state index contributed by atoms with van der Waals surface area (Å²) in [6, 6.07) is 0. The van der Waals surface area contributed by atoms with Gasteiger partial charge in [0.1, 0.15) is 0 Å². The van der Waals surface area contributed by atoms with Gasteiger partial charge in [-0.15, -0.1) is 0 Å². The van der Waals surface area contributed by atoms with Gasteiger partial charge in [0.25, 0.3) is 0 Å². The van der Waals surface area contributed by atoms with Crippen LogP contribution in [0.1, 0.15) is 6.92 Å². The third-order valence-electron chi connectivity index (χ3n) is 1.14.